The SMILES string of the molecule is COC(=O)c1nn(C)cc1NC(=O)c1cc(-c2ccc(C)cc2)on1. The van der Waals surface area contributed by atoms with Crippen LogP contribution in [0.2, 0.25) is 0 Å². The van der Waals surface area contributed by atoms with E-state index in [-0.39, 0.29) is 17.1 Å². The van der Waals surface area contributed by atoms with E-state index in [1.54, 1.807) is 7.05 Å². The molecule has 0 atom stereocenters. The van der Waals surface area contributed by atoms with Crippen molar-refractivity contribution in [1.29, 1.82) is 0 Å². The van der Waals surface area contributed by atoms with Crippen LogP contribution >= 0.6 is 0 Å². The summed E-state index contributed by atoms with van der Waals surface area (Å²) in [7, 11) is 2.88. The molecule has 1 N–H and O–H groups in total. The number of rotatable bonds is 4. The number of carbonyl (C=O) groups is 2. The predicted molar refractivity (Wildman–Crippen MR) is 89.2 cm³/mol. The Morgan fingerprint density at radius 1 is 1.24 bits per heavy atom. The van der Waals surface area contributed by atoms with Crippen molar-refractivity contribution in [3.05, 3.63) is 53.5 Å². The first-order valence-electron chi connectivity index (χ1n) is 7.45. The van der Waals surface area contributed by atoms with E-state index in [4.69, 9.17) is 4.52 Å². The first-order valence-corrected chi connectivity index (χ1v) is 7.45. The summed E-state index contributed by atoms with van der Waals surface area (Å²) < 4.78 is 11.3. The molecule has 0 unspecified atom stereocenters. The maximum atomic E-state index is 12.4. The summed E-state index contributed by atoms with van der Waals surface area (Å²) in [5.74, 6) is -0.679. The lowest BCUT2D eigenvalue weighted by molar-refractivity contribution is 0.0594. The number of esters is 1. The Labute approximate surface area is 143 Å². The van der Waals surface area contributed by atoms with Crippen LogP contribution in [0.5, 0.6) is 0 Å². The minimum Gasteiger partial charge on any atom is -0.464 e. The van der Waals surface area contributed by atoms with Gasteiger partial charge in [0.15, 0.2) is 17.1 Å². The van der Waals surface area contributed by atoms with Crippen molar-refractivity contribution in [1.82, 2.24) is 14.9 Å². The van der Waals surface area contributed by atoms with Gasteiger partial charge in [0, 0.05) is 24.9 Å². The summed E-state index contributed by atoms with van der Waals surface area (Å²) in [6.07, 6.45) is 1.51. The molecule has 2 aromatic heterocycles. The van der Waals surface area contributed by atoms with Gasteiger partial charge in [-0.2, -0.15) is 5.10 Å². The van der Waals surface area contributed by atoms with Crippen LogP contribution in [-0.4, -0.2) is 33.9 Å². The van der Waals surface area contributed by atoms with Gasteiger partial charge in [0.05, 0.1) is 12.8 Å². The molecular formula is C17H16N4O4. The largest absolute Gasteiger partial charge is 0.464 e. The molecular weight excluding hydrogens is 324 g/mol. The van der Waals surface area contributed by atoms with Gasteiger partial charge in [-0.25, -0.2) is 4.79 Å². The Bertz CT molecular complexity index is 925. The molecule has 1 aromatic carbocycles. The molecule has 0 fully saturated rings. The molecule has 8 nitrogen and oxygen atoms in total. The Balaban J connectivity index is 1.81. The zero-order valence-electron chi connectivity index (χ0n) is 13.9. The van der Waals surface area contributed by atoms with Gasteiger partial charge in [0.25, 0.3) is 5.91 Å². The van der Waals surface area contributed by atoms with E-state index in [2.05, 4.69) is 20.3 Å². The van der Waals surface area contributed by atoms with Gasteiger partial charge in [-0.3, -0.25) is 9.48 Å². The lowest BCUT2D eigenvalue weighted by Gasteiger charge is -2.01. The predicted octanol–water partition coefficient (Wildman–Crippen LogP) is 2.42. The van der Waals surface area contributed by atoms with E-state index in [9.17, 15) is 9.59 Å². The summed E-state index contributed by atoms with van der Waals surface area (Å²) in [5.41, 5.74) is 2.28. The highest BCUT2D eigenvalue weighted by Crippen LogP contribution is 2.22. The number of aromatic nitrogens is 3. The Kier molecular flexibility index (Phi) is 4.34. The Morgan fingerprint density at radius 2 is 1.96 bits per heavy atom. The number of anilines is 1. The molecule has 0 aliphatic rings. The summed E-state index contributed by atoms with van der Waals surface area (Å²) in [6, 6.07) is 9.18. The summed E-state index contributed by atoms with van der Waals surface area (Å²) in [5, 5.41) is 10.3. The third-order valence-corrected chi connectivity index (χ3v) is 3.53. The topological polar surface area (TPSA) is 99.2 Å². The van der Waals surface area contributed by atoms with Gasteiger partial charge >= 0.3 is 5.97 Å². The molecule has 128 valence electrons. The standard InChI is InChI=1S/C17H16N4O4/c1-10-4-6-11(7-5-10)14-8-12(20-25-14)16(22)18-13-9-21(2)19-15(13)17(23)24-3/h4-9H,1-3H3,(H,18,22). The number of aryl methyl sites for hydroxylation is 2. The summed E-state index contributed by atoms with van der Waals surface area (Å²) in [6.45, 7) is 1.98. The van der Waals surface area contributed by atoms with Gasteiger partial charge in [-0.05, 0) is 6.92 Å². The van der Waals surface area contributed by atoms with Crippen LogP contribution in [0, 0.1) is 6.92 Å². The van der Waals surface area contributed by atoms with E-state index >= 15 is 0 Å². The number of methoxy groups -OCH3 is 1. The third kappa shape index (κ3) is 3.42. The maximum Gasteiger partial charge on any atom is 0.360 e. The van der Waals surface area contributed by atoms with E-state index in [0.29, 0.717) is 5.76 Å². The van der Waals surface area contributed by atoms with Gasteiger partial charge in [-0.15, -0.1) is 0 Å². The van der Waals surface area contributed by atoms with Crippen molar-refractivity contribution in [2.45, 2.75) is 6.92 Å². The van der Waals surface area contributed by atoms with Crippen LogP contribution in [0.25, 0.3) is 11.3 Å². The fraction of sp³-hybridized carbons (Fsp3) is 0.176. The zero-order chi connectivity index (χ0) is 18.0. The van der Waals surface area contributed by atoms with Gasteiger partial charge < -0.3 is 14.6 Å². The van der Waals surface area contributed by atoms with Crippen LogP contribution < -0.4 is 5.32 Å². The fourth-order valence-corrected chi connectivity index (χ4v) is 2.25. The monoisotopic (exact) mass is 340 g/mol. The minimum absolute atomic E-state index is 0.0144. The average Bonchev–Trinajstić information content (AvgIpc) is 3.22. The third-order valence-electron chi connectivity index (χ3n) is 3.53. The molecule has 1 amide bonds. The van der Waals surface area contributed by atoms with Crippen LogP contribution in [-0.2, 0) is 11.8 Å². The highest BCUT2D eigenvalue weighted by Gasteiger charge is 2.21. The minimum atomic E-state index is -0.642. The molecule has 0 saturated carbocycles. The summed E-state index contributed by atoms with van der Waals surface area (Å²) in [4.78, 5) is 24.1. The summed E-state index contributed by atoms with van der Waals surface area (Å²) >= 11 is 0. The Morgan fingerprint density at radius 3 is 2.64 bits per heavy atom. The number of amides is 1. The first kappa shape index (κ1) is 16.4. The van der Waals surface area contributed by atoms with E-state index in [1.165, 1.54) is 24.1 Å². The van der Waals surface area contributed by atoms with Crippen LogP contribution in [0.15, 0.2) is 41.1 Å². The smallest absolute Gasteiger partial charge is 0.360 e. The van der Waals surface area contributed by atoms with Crippen molar-refractivity contribution in [2.75, 3.05) is 12.4 Å². The number of carbonyl (C=O) groups excluding carboxylic acids is 2. The van der Waals surface area contributed by atoms with E-state index < -0.39 is 11.9 Å². The van der Waals surface area contributed by atoms with Crippen molar-refractivity contribution < 1.29 is 18.8 Å². The fourth-order valence-electron chi connectivity index (χ4n) is 2.25. The number of nitrogens with one attached hydrogen (secondary N) is 1. The van der Waals surface area contributed by atoms with Crippen LogP contribution in [0.1, 0.15) is 26.5 Å². The first-order chi connectivity index (χ1) is 12.0. The highest BCUT2D eigenvalue weighted by molar-refractivity contribution is 6.06. The molecule has 3 rings (SSSR count). The number of ether oxygens (including phenoxy) is 1. The molecule has 8 heteroatoms. The lowest BCUT2D eigenvalue weighted by atomic mass is 10.1. The van der Waals surface area contributed by atoms with Crippen LogP contribution in [0.4, 0.5) is 5.69 Å². The van der Waals surface area contributed by atoms with E-state index in [1.807, 2.05) is 31.2 Å². The zero-order valence-corrected chi connectivity index (χ0v) is 13.9. The number of hydrogen-bond donors (Lipinski definition) is 1. The quantitative estimate of drug-likeness (QED) is 0.732. The second-order valence-electron chi connectivity index (χ2n) is 5.45. The molecule has 2 heterocycles. The molecule has 0 radical (unpaired) electrons. The maximum absolute atomic E-state index is 12.4. The molecule has 25 heavy (non-hydrogen) atoms. The second-order valence-corrected chi connectivity index (χ2v) is 5.45. The van der Waals surface area contributed by atoms with Crippen molar-refractivity contribution in [3.8, 4) is 11.3 Å². The Hall–Kier alpha value is -3.42. The van der Waals surface area contributed by atoms with E-state index in [0.717, 1.165) is 11.1 Å². The lowest BCUT2D eigenvalue weighted by Crippen LogP contribution is -2.15. The number of hydrogen-bond acceptors (Lipinski definition) is 6. The van der Waals surface area contributed by atoms with Gasteiger partial charge in [-0.1, -0.05) is 35.0 Å². The molecule has 0 aliphatic carbocycles. The molecule has 0 spiro atoms. The molecule has 0 aliphatic heterocycles. The second kappa shape index (κ2) is 6.60. The average molecular weight is 340 g/mol. The van der Waals surface area contributed by atoms with Crippen molar-refractivity contribution in [3.63, 3.8) is 0 Å². The van der Waals surface area contributed by atoms with Gasteiger partial charge in [0.2, 0.25) is 0 Å². The molecule has 3 aromatic rings. The van der Waals surface area contributed by atoms with Crippen molar-refractivity contribution in [2.24, 2.45) is 7.05 Å². The molecule has 0 bridgehead atoms. The van der Waals surface area contributed by atoms with Crippen molar-refractivity contribution >= 4 is 17.6 Å². The van der Waals surface area contributed by atoms with Crippen LogP contribution in [0.3, 0.4) is 0 Å². The highest BCUT2D eigenvalue weighted by atomic mass is 16.5. The number of nitrogens with zero attached hydrogens (tertiary/aromatic N) is 3. The normalized spacial score (nSPS) is 10.5. The molecule has 0 saturated heterocycles. The number of benzene rings is 1. The van der Waals surface area contributed by atoms with Gasteiger partial charge in [0.1, 0.15) is 0 Å².